The predicted octanol–water partition coefficient (Wildman–Crippen LogP) is 4.70. The third-order valence-corrected chi connectivity index (χ3v) is 6.95. The molecule has 1 saturated heterocycles. The average Bonchev–Trinajstić information content (AvgIpc) is 3.33. The van der Waals surface area contributed by atoms with Gasteiger partial charge in [0.25, 0.3) is 5.91 Å². The minimum Gasteiger partial charge on any atom is -0.351 e. The Kier molecular flexibility index (Phi) is 6.01. The highest BCUT2D eigenvalue weighted by atomic mass is 32.1. The number of carbonyl (C=O) groups excluding carboxylic acids is 1. The molecule has 1 fully saturated rings. The molecule has 1 amide bonds. The van der Waals surface area contributed by atoms with Crippen LogP contribution in [0, 0.1) is 13.8 Å². The Morgan fingerprint density at radius 3 is 2.83 bits per heavy atom. The minimum absolute atomic E-state index is 0.000413. The molecule has 3 aromatic rings. The summed E-state index contributed by atoms with van der Waals surface area (Å²) in [6, 6.07) is 6.73. The molecule has 0 aromatic carbocycles. The minimum atomic E-state index is 0.000413. The number of hydrogen-bond donors (Lipinski definition) is 1. The molecule has 154 valence electrons. The summed E-state index contributed by atoms with van der Waals surface area (Å²) in [5.41, 5.74) is 3.09. The zero-order chi connectivity index (χ0) is 20.4. The van der Waals surface area contributed by atoms with Crippen molar-refractivity contribution < 1.29 is 4.79 Å². The van der Waals surface area contributed by atoms with Crippen LogP contribution in [0.2, 0.25) is 0 Å². The standard InChI is InChI=1S/C23H30N4OS/c1-16-15-17(2)25-23-19(16)20(27-12-6-7-13-27)21(29-23)22(28)24-10-8-14-26-11-5-4-9-18(26)3/h6-7,12-13,15,18H,4-5,8-11,14H2,1-3H3,(H,24,28). The Morgan fingerprint density at radius 2 is 2.07 bits per heavy atom. The molecule has 0 saturated carbocycles. The summed E-state index contributed by atoms with van der Waals surface area (Å²) in [6.07, 6.45) is 8.90. The van der Waals surface area contributed by atoms with Crippen molar-refractivity contribution in [1.82, 2.24) is 19.8 Å². The topological polar surface area (TPSA) is 50.2 Å². The second-order valence-corrected chi connectivity index (χ2v) is 9.12. The highest BCUT2D eigenvalue weighted by Gasteiger charge is 2.22. The smallest absolute Gasteiger partial charge is 0.263 e. The molecule has 1 N–H and O–H groups in total. The fourth-order valence-electron chi connectivity index (χ4n) is 4.36. The number of rotatable bonds is 6. The highest BCUT2D eigenvalue weighted by molar-refractivity contribution is 7.21. The van der Waals surface area contributed by atoms with Crippen LogP contribution in [0.4, 0.5) is 0 Å². The second kappa shape index (κ2) is 8.67. The van der Waals surface area contributed by atoms with Crippen LogP contribution < -0.4 is 5.32 Å². The lowest BCUT2D eigenvalue weighted by Crippen LogP contribution is -2.39. The zero-order valence-electron chi connectivity index (χ0n) is 17.6. The molecule has 4 rings (SSSR count). The molecule has 1 aliphatic rings. The van der Waals surface area contributed by atoms with Gasteiger partial charge in [-0.25, -0.2) is 4.98 Å². The SMILES string of the molecule is Cc1cc(C)c2c(-n3cccc3)c(C(=O)NCCCN3CCCCC3C)sc2n1. The molecular weight excluding hydrogens is 380 g/mol. The fourth-order valence-corrected chi connectivity index (χ4v) is 5.57. The van der Waals surface area contributed by atoms with Crippen LogP contribution in [-0.2, 0) is 0 Å². The summed E-state index contributed by atoms with van der Waals surface area (Å²) in [7, 11) is 0. The quantitative estimate of drug-likeness (QED) is 0.600. The Hall–Kier alpha value is -2.18. The summed E-state index contributed by atoms with van der Waals surface area (Å²) in [5, 5.41) is 4.23. The summed E-state index contributed by atoms with van der Waals surface area (Å²) in [4.78, 5) is 22.0. The van der Waals surface area contributed by atoms with Gasteiger partial charge in [-0.2, -0.15) is 0 Å². The molecule has 6 heteroatoms. The number of pyridine rings is 1. The molecule has 0 spiro atoms. The van der Waals surface area contributed by atoms with Gasteiger partial charge >= 0.3 is 0 Å². The van der Waals surface area contributed by atoms with Crippen LogP contribution >= 0.6 is 11.3 Å². The van der Waals surface area contributed by atoms with Crippen LogP contribution in [-0.4, -0.2) is 46.0 Å². The van der Waals surface area contributed by atoms with Crippen molar-refractivity contribution >= 4 is 27.5 Å². The van der Waals surface area contributed by atoms with Crippen LogP contribution in [0.1, 0.15) is 53.5 Å². The largest absolute Gasteiger partial charge is 0.351 e. The van der Waals surface area contributed by atoms with Crippen molar-refractivity contribution in [2.75, 3.05) is 19.6 Å². The lowest BCUT2D eigenvalue weighted by atomic mass is 10.0. The third kappa shape index (κ3) is 4.23. The van der Waals surface area contributed by atoms with Crippen molar-refractivity contribution in [3.63, 3.8) is 0 Å². The number of nitrogens with one attached hydrogen (secondary N) is 1. The van der Waals surface area contributed by atoms with Crippen molar-refractivity contribution in [1.29, 1.82) is 0 Å². The van der Waals surface area contributed by atoms with Gasteiger partial charge in [-0.15, -0.1) is 11.3 Å². The van der Waals surface area contributed by atoms with E-state index in [1.807, 2.05) is 36.0 Å². The summed E-state index contributed by atoms with van der Waals surface area (Å²) in [6.45, 7) is 9.36. The van der Waals surface area contributed by atoms with E-state index in [1.165, 1.54) is 37.1 Å². The van der Waals surface area contributed by atoms with Gasteiger partial charge in [0.05, 0.1) is 5.69 Å². The van der Waals surface area contributed by atoms with Gasteiger partial charge in [-0.05, 0) is 70.3 Å². The van der Waals surface area contributed by atoms with Gasteiger partial charge in [0.1, 0.15) is 9.71 Å². The number of carbonyl (C=O) groups is 1. The van der Waals surface area contributed by atoms with Gasteiger partial charge in [0, 0.05) is 42.6 Å². The Balaban J connectivity index is 1.51. The van der Waals surface area contributed by atoms with E-state index in [0.717, 1.165) is 45.0 Å². The normalized spacial score (nSPS) is 17.7. The number of piperidine rings is 1. The molecular formula is C23H30N4OS. The molecule has 3 aromatic heterocycles. The lowest BCUT2D eigenvalue weighted by Gasteiger charge is -2.33. The Labute approximate surface area is 176 Å². The molecule has 0 aliphatic carbocycles. The second-order valence-electron chi connectivity index (χ2n) is 8.12. The van der Waals surface area contributed by atoms with Gasteiger partial charge in [0.2, 0.25) is 0 Å². The summed E-state index contributed by atoms with van der Waals surface area (Å²) >= 11 is 1.49. The number of thiophene rings is 1. The van der Waals surface area contributed by atoms with Gasteiger partial charge < -0.3 is 14.8 Å². The van der Waals surface area contributed by atoms with Crippen molar-refractivity contribution in [2.24, 2.45) is 0 Å². The van der Waals surface area contributed by atoms with Crippen LogP contribution in [0.15, 0.2) is 30.6 Å². The molecule has 1 unspecified atom stereocenters. The van der Waals surface area contributed by atoms with E-state index < -0.39 is 0 Å². The monoisotopic (exact) mass is 410 g/mol. The maximum absolute atomic E-state index is 13.1. The fraction of sp³-hybridized carbons (Fsp3) is 0.478. The number of aryl methyl sites for hydroxylation is 2. The first-order valence-corrected chi connectivity index (χ1v) is 11.4. The summed E-state index contributed by atoms with van der Waals surface area (Å²) < 4.78 is 2.03. The molecule has 4 heterocycles. The number of likely N-dealkylation sites (tertiary alicyclic amines) is 1. The van der Waals surface area contributed by atoms with E-state index in [1.54, 1.807) is 0 Å². The van der Waals surface area contributed by atoms with E-state index in [-0.39, 0.29) is 5.91 Å². The molecule has 1 atom stereocenters. The van der Waals surface area contributed by atoms with Crippen LogP contribution in [0.3, 0.4) is 0 Å². The van der Waals surface area contributed by atoms with Gasteiger partial charge in [-0.3, -0.25) is 4.79 Å². The Morgan fingerprint density at radius 1 is 1.28 bits per heavy atom. The zero-order valence-corrected chi connectivity index (χ0v) is 18.4. The van der Waals surface area contributed by atoms with E-state index >= 15 is 0 Å². The summed E-state index contributed by atoms with van der Waals surface area (Å²) in [5.74, 6) is 0.000413. The lowest BCUT2D eigenvalue weighted by molar-refractivity contribution is 0.0953. The molecule has 29 heavy (non-hydrogen) atoms. The van der Waals surface area contributed by atoms with E-state index in [4.69, 9.17) is 4.98 Å². The van der Waals surface area contributed by atoms with E-state index in [9.17, 15) is 4.79 Å². The van der Waals surface area contributed by atoms with Crippen molar-refractivity contribution in [3.8, 4) is 5.69 Å². The maximum Gasteiger partial charge on any atom is 0.263 e. The number of amides is 1. The average molecular weight is 411 g/mol. The third-order valence-electron chi connectivity index (χ3n) is 5.88. The van der Waals surface area contributed by atoms with E-state index in [2.05, 4.69) is 30.1 Å². The van der Waals surface area contributed by atoms with E-state index in [0.29, 0.717) is 12.6 Å². The highest BCUT2D eigenvalue weighted by Crippen LogP contribution is 2.35. The number of nitrogens with zero attached hydrogens (tertiary/aromatic N) is 3. The van der Waals surface area contributed by atoms with Crippen LogP contribution in [0.25, 0.3) is 15.9 Å². The predicted molar refractivity (Wildman–Crippen MR) is 120 cm³/mol. The van der Waals surface area contributed by atoms with Crippen LogP contribution in [0.5, 0.6) is 0 Å². The molecule has 0 bridgehead atoms. The van der Waals surface area contributed by atoms with Crippen molar-refractivity contribution in [2.45, 2.75) is 52.5 Å². The van der Waals surface area contributed by atoms with Gasteiger partial charge in [-0.1, -0.05) is 6.42 Å². The molecule has 0 radical (unpaired) electrons. The van der Waals surface area contributed by atoms with Crippen molar-refractivity contribution in [3.05, 3.63) is 46.7 Å². The molecule has 5 nitrogen and oxygen atoms in total. The first-order chi connectivity index (χ1) is 14.0. The first kappa shape index (κ1) is 20.1. The number of aromatic nitrogens is 2. The maximum atomic E-state index is 13.1. The number of hydrogen-bond acceptors (Lipinski definition) is 4. The van der Waals surface area contributed by atoms with Gasteiger partial charge in [0.15, 0.2) is 0 Å². The number of fused-ring (bicyclic) bond motifs is 1. The Bertz CT molecular complexity index is 992. The first-order valence-electron chi connectivity index (χ1n) is 10.6. The molecule has 1 aliphatic heterocycles.